The highest BCUT2D eigenvalue weighted by Gasteiger charge is 1.97. The third-order valence-corrected chi connectivity index (χ3v) is 2.41. The predicted octanol–water partition coefficient (Wildman–Crippen LogP) is 3.34. The molecular weight excluding hydrogens is 220 g/mol. The van der Waals surface area contributed by atoms with E-state index in [0.717, 1.165) is 30.1 Å². The Balaban J connectivity index is 2.41. The molecule has 2 nitrogen and oxygen atoms in total. The summed E-state index contributed by atoms with van der Waals surface area (Å²) in [5, 5.41) is 0. The molecule has 0 aliphatic heterocycles. The van der Waals surface area contributed by atoms with Crippen LogP contribution in [0.3, 0.4) is 0 Å². The number of thiol groups is 1. The highest BCUT2D eigenvalue weighted by atomic mass is 32.1. The maximum atomic E-state index is 5.51. The number of rotatable bonds is 7. The zero-order chi connectivity index (χ0) is 11.8. The summed E-state index contributed by atoms with van der Waals surface area (Å²) in [6.45, 7) is 7.16. The first-order valence-corrected chi connectivity index (χ1v) is 6.02. The quantitative estimate of drug-likeness (QED) is 0.580. The predicted molar refractivity (Wildman–Crippen MR) is 70.7 cm³/mol. The van der Waals surface area contributed by atoms with Crippen LogP contribution in [-0.2, 0) is 0 Å². The van der Waals surface area contributed by atoms with Gasteiger partial charge in [0.15, 0.2) is 0 Å². The summed E-state index contributed by atoms with van der Waals surface area (Å²) in [7, 11) is 0. The highest BCUT2D eigenvalue weighted by Crippen LogP contribution is 2.18. The zero-order valence-corrected chi connectivity index (χ0v) is 10.5. The lowest BCUT2D eigenvalue weighted by molar-refractivity contribution is 0.315. The smallest absolute Gasteiger partial charge is 0.120 e. The Morgan fingerprint density at radius 2 is 1.75 bits per heavy atom. The molecule has 16 heavy (non-hydrogen) atoms. The minimum atomic E-state index is 0.513. The normalized spacial score (nSPS) is 9.88. The molecule has 0 heterocycles. The van der Waals surface area contributed by atoms with Crippen molar-refractivity contribution in [1.29, 1.82) is 0 Å². The van der Waals surface area contributed by atoms with Gasteiger partial charge in [-0.2, -0.15) is 12.6 Å². The van der Waals surface area contributed by atoms with Gasteiger partial charge in [0.1, 0.15) is 18.1 Å². The Bertz CT molecular complexity index is 319. The van der Waals surface area contributed by atoms with Crippen molar-refractivity contribution in [3.05, 3.63) is 36.4 Å². The molecule has 1 rings (SSSR count). The van der Waals surface area contributed by atoms with Crippen molar-refractivity contribution < 1.29 is 9.47 Å². The second kappa shape index (κ2) is 7.23. The van der Waals surface area contributed by atoms with E-state index in [1.165, 1.54) is 0 Å². The fourth-order valence-electron chi connectivity index (χ4n) is 1.08. The summed E-state index contributed by atoms with van der Waals surface area (Å²) >= 11 is 4.12. The summed E-state index contributed by atoms with van der Waals surface area (Å²) in [6, 6.07) is 7.62. The Kier molecular flexibility index (Phi) is 5.86. The standard InChI is InChI=1S/C13H18O2S/c1-3-8-14-12-4-6-13(7-5-12)15-9-11(2)10-16/h4-7,16H,2-3,8-10H2,1H3. The number of hydrogen-bond acceptors (Lipinski definition) is 3. The highest BCUT2D eigenvalue weighted by molar-refractivity contribution is 7.80. The van der Waals surface area contributed by atoms with Gasteiger partial charge in [0.25, 0.3) is 0 Å². The van der Waals surface area contributed by atoms with Gasteiger partial charge >= 0.3 is 0 Å². The van der Waals surface area contributed by atoms with Crippen LogP contribution >= 0.6 is 12.6 Å². The molecule has 1 aromatic carbocycles. The van der Waals surface area contributed by atoms with Gasteiger partial charge in [-0.1, -0.05) is 13.5 Å². The zero-order valence-electron chi connectivity index (χ0n) is 9.61. The third kappa shape index (κ3) is 4.62. The van der Waals surface area contributed by atoms with Crippen LogP contribution in [0.2, 0.25) is 0 Å². The van der Waals surface area contributed by atoms with Crippen molar-refractivity contribution in [3.8, 4) is 11.5 Å². The van der Waals surface area contributed by atoms with Crippen LogP contribution in [0.5, 0.6) is 11.5 Å². The molecule has 0 amide bonds. The molecule has 0 aliphatic carbocycles. The fourth-order valence-corrected chi connectivity index (χ4v) is 1.17. The van der Waals surface area contributed by atoms with Crippen LogP contribution in [0, 0.1) is 0 Å². The van der Waals surface area contributed by atoms with Crippen LogP contribution in [0.1, 0.15) is 13.3 Å². The third-order valence-electron chi connectivity index (χ3n) is 1.96. The van der Waals surface area contributed by atoms with Crippen LogP contribution in [0.15, 0.2) is 36.4 Å². The molecule has 0 radical (unpaired) electrons. The average molecular weight is 238 g/mol. The summed E-state index contributed by atoms with van der Waals surface area (Å²) < 4.78 is 11.0. The first-order valence-electron chi connectivity index (χ1n) is 5.39. The summed E-state index contributed by atoms with van der Waals surface area (Å²) in [6.07, 6.45) is 1.01. The molecule has 0 unspecified atom stereocenters. The maximum absolute atomic E-state index is 5.51. The van der Waals surface area contributed by atoms with Gasteiger partial charge in [-0.15, -0.1) is 0 Å². The van der Waals surface area contributed by atoms with Gasteiger partial charge in [0.2, 0.25) is 0 Å². The summed E-state index contributed by atoms with van der Waals surface area (Å²) in [5.74, 6) is 2.35. The number of ether oxygens (including phenoxy) is 2. The van der Waals surface area contributed by atoms with Crippen molar-refractivity contribution in [3.63, 3.8) is 0 Å². The van der Waals surface area contributed by atoms with E-state index in [0.29, 0.717) is 12.4 Å². The molecule has 0 spiro atoms. The van der Waals surface area contributed by atoms with E-state index in [4.69, 9.17) is 9.47 Å². The van der Waals surface area contributed by atoms with Gasteiger partial charge < -0.3 is 9.47 Å². The molecule has 0 aromatic heterocycles. The second-order valence-electron chi connectivity index (χ2n) is 3.52. The van der Waals surface area contributed by atoms with E-state index < -0.39 is 0 Å². The van der Waals surface area contributed by atoms with Gasteiger partial charge in [-0.25, -0.2) is 0 Å². The lowest BCUT2D eigenvalue weighted by Gasteiger charge is -2.08. The number of benzene rings is 1. The maximum Gasteiger partial charge on any atom is 0.120 e. The van der Waals surface area contributed by atoms with E-state index in [9.17, 15) is 0 Å². The molecule has 0 atom stereocenters. The van der Waals surface area contributed by atoms with Crippen molar-refractivity contribution in [1.82, 2.24) is 0 Å². The largest absolute Gasteiger partial charge is 0.494 e. The average Bonchev–Trinajstić information content (AvgIpc) is 2.34. The molecule has 0 aliphatic rings. The molecule has 0 saturated heterocycles. The lowest BCUT2D eigenvalue weighted by atomic mass is 10.3. The van der Waals surface area contributed by atoms with Crippen LogP contribution in [0.4, 0.5) is 0 Å². The molecule has 1 aromatic rings. The van der Waals surface area contributed by atoms with Crippen molar-refractivity contribution in [2.75, 3.05) is 19.0 Å². The minimum Gasteiger partial charge on any atom is -0.494 e. The number of hydrogen-bond donors (Lipinski definition) is 1. The Morgan fingerprint density at radius 3 is 2.25 bits per heavy atom. The topological polar surface area (TPSA) is 18.5 Å². The molecule has 0 saturated carbocycles. The van der Waals surface area contributed by atoms with Crippen molar-refractivity contribution in [2.45, 2.75) is 13.3 Å². The van der Waals surface area contributed by atoms with E-state index >= 15 is 0 Å². The molecule has 3 heteroatoms. The SMILES string of the molecule is C=C(CS)COc1ccc(OCCC)cc1. The van der Waals surface area contributed by atoms with E-state index in [2.05, 4.69) is 26.1 Å². The van der Waals surface area contributed by atoms with E-state index in [1.54, 1.807) is 0 Å². The Labute approximate surface area is 103 Å². The van der Waals surface area contributed by atoms with Gasteiger partial charge in [0, 0.05) is 5.75 Å². The fraction of sp³-hybridized carbons (Fsp3) is 0.385. The van der Waals surface area contributed by atoms with Crippen LogP contribution < -0.4 is 9.47 Å². The Morgan fingerprint density at radius 1 is 1.19 bits per heavy atom. The van der Waals surface area contributed by atoms with Crippen LogP contribution in [-0.4, -0.2) is 19.0 Å². The van der Waals surface area contributed by atoms with Crippen molar-refractivity contribution in [2.24, 2.45) is 0 Å². The van der Waals surface area contributed by atoms with Crippen LogP contribution in [0.25, 0.3) is 0 Å². The minimum absolute atomic E-state index is 0.513. The lowest BCUT2D eigenvalue weighted by Crippen LogP contribution is -2.01. The van der Waals surface area contributed by atoms with Crippen molar-refractivity contribution >= 4 is 12.6 Å². The van der Waals surface area contributed by atoms with Gasteiger partial charge in [-0.05, 0) is 36.3 Å². The van der Waals surface area contributed by atoms with E-state index in [1.807, 2.05) is 24.3 Å². The molecule has 88 valence electrons. The van der Waals surface area contributed by atoms with Gasteiger partial charge in [-0.3, -0.25) is 0 Å². The first-order chi connectivity index (χ1) is 7.76. The molecule has 0 fully saturated rings. The molecular formula is C13H18O2S. The Hall–Kier alpha value is -1.09. The summed E-state index contributed by atoms with van der Waals surface area (Å²) in [4.78, 5) is 0. The van der Waals surface area contributed by atoms with Gasteiger partial charge in [0.05, 0.1) is 6.61 Å². The monoisotopic (exact) mass is 238 g/mol. The second-order valence-corrected chi connectivity index (χ2v) is 3.83. The first kappa shape index (κ1) is 13.0. The summed E-state index contributed by atoms with van der Waals surface area (Å²) in [5.41, 5.74) is 0.967. The molecule has 0 bridgehead atoms. The van der Waals surface area contributed by atoms with E-state index in [-0.39, 0.29) is 0 Å². The molecule has 0 N–H and O–H groups in total.